The van der Waals surface area contributed by atoms with Crippen molar-refractivity contribution in [3.63, 3.8) is 0 Å². The van der Waals surface area contributed by atoms with Crippen molar-refractivity contribution in [1.29, 1.82) is 0 Å². The van der Waals surface area contributed by atoms with E-state index in [9.17, 15) is 8.42 Å². The van der Waals surface area contributed by atoms with Gasteiger partial charge in [0.05, 0.1) is 4.90 Å². The second kappa shape index (κ2) is 6.49. The highest BCUT2D eigenvalue weighted by Crippen LogP contribution is 2.18. The summed E-state index contributed by atoms with van der Waals surface area (Å²) in [7, 11) is -1.69. The van der Waals surface area contributed by atoms with Crippen molar-refractivity contribution in [3.05, 3.63) is 51.7 Å². The number of hydrogen-bond acceptors (Lipinski definition) is 4. The van der Waals surface area contributed by atoms with Crippen LogP contribution in [0.25, 0.3) is 0 Å². The lowest BCUT2D eigenvalue weighted by atomic mass is 10.2. The first-order valence-corrected chi connectivity index (χ1v) is 8.66. The fourth-order valence-corrected chi connectivity index (χ4v) is 4.10. The molecule has 0 spiro atoms. The Bertz CT molecular complexity index is 678. The van der Waals surface area contributed by atoms with Crippen LogP contribution in [0.3, 0.4) is 0 Å². The largest absolute Gasteiger partial charge is 0.316 e. The van der Waals surface area contributed by atoms with Gasteiger partial charge in [-0.2, -0.15) is 0 Å². The van der Waals surface area contributed by atoms with Gasteiger partial charge >= 0.3 is 0 Å². The lowest BCUT2D eigenvalue weighted by Gasteiger charge is -2.11. The predicted octanol–water partition coefficient (Wildman–Crippen LogP) is 2.25. The molecule has 20 heavy (non-hydrogen) atoms. The van der Waals surface area contributed by atoms with Gasteiger partial charge in [0.1, 0.15) is 0 Å². The maximum Gasteiger partial charge on any atom is 0.241 e. The Hall–Kier alpha value is -1.21. The summed E-state index contributed by atoms with van der Waals surface area (Å²) in [6.45, 7) is 2.84. The molecule has 0 fully saturated rings. The molecule has 1 aromatic heterocycles. The first-order chi connectivity index (χ1) is 9.54. The Balaban J connectivity index is 2.20. The summed E-state index contributed by atoms with van der Waals surface area (Å²) in [5.74, 6) is 0. The van der Waals surface area contributed by atoms with Crippen molar-refractivity contribution in [2.75, 3.05) is 7.05 Å². The Labute approximate surface area is 123 Å². The zero-order valence-electron chi connectivity index (χ0n) is 11.5. The molecule has 0 aliphatic carbocycles. The van der Waals surface area contributed by atoms with Crippen LogP contribution in [-0.4, -0.2) is 15.5 Å². The van der Waals surface area contributed by atoms with Crippen LogP contribution in [0.5, 0.6) is 0 Å². The summed E-state index contributed by atoms with van der Waals surface area (Å²) in [4.78, 5) is 1.38. The summed E-state index contributed by atoms with van der Waals surface area (Å²) in [6, 6.07) is 9.03. The molecule has 1 aromatic carbocycles. The topological polar surface area (TPSA) is 58.2 Å². The zero-order valence-corrected chi connectivity index (χ0v) is 13.1. The smallest absolute Gasteiger partial charge is 0.241 e. The third kappa shape index (κ3) is 3.46. The second-order valence-corrected chi connectivity index (χ2v) is 7.23. The third-order valence-corrected chi connectivity index (χ3v) is 5.54. The molecule has 1 heterocycles. The SMILES string of the molecule is CNCc1ccccc1S(=O)(=O)NCc1sccc1C. The van der Waals surface area contributed by atoms with Gasteiger partial charge in [0.25, 0.3) is 0 Å². The molecule has 2 rings (SSSR count). The van der Waals surface area contributed by atoms with Gasteiger partial charge in [-0.3, -0.25) is 0 Å². The summed E-state index contributed by atoms with van der Waals surface area (Å²) in [5.41, 5.74) is 1.88. The second-order valence-electron chi connectivity index (χ2n) is 4.49. The molecule has 0 aliphatic heterocycles. The average Bonchev–Trinajstić information content (AvgIpc) is 2.83. The Morgan fingerprint density at radius 2 is 1.90 bits per heavy atom. The number of rotatable bonds is 6. The van der Waals surface area contributed by atoms with Crippen LogP contribution in [0.4, 0.5) is 0 Å². The molecule has 0 unspecified atom stereocenters. The van der Waals surface area contributed by atoms with Crippen LogP contribution in [0.2, 0.25) is 0 Å². The van der Waals surface area contributed by atoms with Gasteiger partial charge in [-0.05, 0) is 42.6 Å². The normalized spacial score (nSPS) is 11.7. The van der Waals surface area contributed by atoms with E-state index in [2.05, 4.69) is 10.0 Å². The van der Waals surface area contributed by atoms with Crippen molar-refractivity contribution < 1.29 is 8.42 Å². The van der Waals surface area contributed by atoms with E-state index in [1.54, 1.807) is 30.5 Å². The lowest BCUT2D eigenvalue weighted by Crippen LogP contribution is -2.25. The fraction of sp³-hybridized carbons (Fsp3) is 0.286. The molecule has 4 nitrogen and oxygen atoms in total. The molecule has 0 atom stereocenters. The predicted molar refractivity (Wildman–Crippen MR) is 82.3 cm³/mol. The summed E-state index contributed by atoms with van der Waals surface area (Å²) in [5, 5.41) is 4.95. The van der Waals surface area contributed by atoms with E-state index in [1.165, 1.54) is 0 Å². The van der Waals surface area contributed by atoms with Crippen molar-refractivity contribution in [2.24, 2.45) is 0 Å². The van der Waals surface area contributed by atoms with Gasteiger partial charge < -0.3 is 5.32 Å². The van der Waals surface area contributed by atoms with E-state index in [1.807, 2.05) is 30.5 Å². The number of thiophene rings is 1. The monoisotopic (exact) mass is 310 g/mol. The Morgan fingerprint density at radius 1 is 1.15 bits per heavy atom. The standard InChI is InChI=1S/C14H18N2O2S2/c1-11-7-8-19-13(11)10-16-20(17,18)14-6-4-3-5-12(14)9-15-2/h3-8,15-16H,9-10H2,1-2H3. The quantitative estimate of drug-likeness (QED) is 0.860. The van der Waals surface area contributed by atoms with E-state index >= 15 is 0 Å². The highest BCUT2D eigenvalue weighted by molar-refractivity contribution is 7.89. The first-order valence-electron chi connectivity index (χ1n) is 6.29. The molecular weight excluding hydrogens is 292 g/mol. The minimum atomic E-state index is -3.49. The van der Waals surface area contributed by atoms with Crippen LogP contribution in [0, 0.1) is 6.92 Å². The van der Waals surface area contributed by atoms with Gasteiger partial charge in [0.15, 0.2) is 0 Å². The number of hydrogen-bond donors (Lipinski definition) is 2. The van der Waals surface area contributed by atoms with E-state index in [0.717, 1.165) is 16.0 Å². The molecule has 2 N–H and O–H groups in total. The van der Waals surface area contributed by atoms with Gasteiger partial charge in [0.2, 0.25) is 10.0 Å². The maximum absolute atomic E-state index is 12.4. The molecule has 108 valence electrons. The third-order valence-electron chi connectivity index (χ3n) is 3.02. The van der Waals surface area contributed by atoms with E-state index in [0.29, 0.717) is 18.0 Å². The van der Waals surface area contributed by atoms with Gasteiger partial charge in [-0.1, -0.05) is 18.2 Å². The highest BCUT2D eigenvalue weighted by Gasteiger charge is 2.17. The number of benzene rings is 1. The van der Waals surface area contributed by atoms with Crippen LogP contribution in [0.1, 0.15) is 16.0 Å². The maximum atomic E-state index is 12.4. The summed E-state index contributed by atoms with van der Waals surface area (Å²) in [6.07, 6.45) is 0. The Kier molecular flexibility index (Phi) is 4.93. The minimum absolute atomic E-state index is 0.333. The molecule has 0 aliphatic rings. The Morgan fingerprint density at radius 3 is 2.55 bits per heavy atom. The lowest BCUT2D eigenvalue weighted by molar-refractivity contribution is 0.580. The van der Waals surface area contributed by atoms with Crippen molar-refractivity contribution in [2.45, 2.75) is 24.9 Å². The molecule has 0 saturated carbocycles. The molecule has 0 bridgehead atoms. The molecule has 0 radical (unpaired) electrons. The van der Waals surface area contributed by atoms with Crippen molar-refractivity contribution >= 4 is 21.4 Å². The zero-order chi connectivity index (χ0) is 14.6. The summed E-state index contributed by atoms with van der Waals surface area (Å²) >= 11 is 1.56. The fourth-order valence-electron chi connectivity index (χ4n) is 1.93. The number of aryl methyl sites for hydroxylation is 1. The summed E-state index contributed by atoms with van der Waals surface area (Å²) < 4.78 is 27.5. The highest BCUT2D eigenvalue weighted by atomic mass is 32.2. The number of sulfonamides is 1. The van der Waals surface area contributed by atoms with Gasteiger partial charge in [-0.15, -0.1) is 11.3 Å². The van der Waals surface area contributed by atoms with E-state index < -0.39 is 10.0 Å². The van der Waals surface area contributed by atoms with Crippen LogP contribution < -0.4 is 10.0 Å². The minimum Gasteiger partial charge on any atom is -0.316 e. The van der Waals surface area contributed by atoms with Crippen LogP contribution in [0.15, 0.2) is 40.6 Å². The molecule has 6 heteroatoms. The van der Waals surface area contributed by atoms with Gasteiger partial charge in [-0.25, -0.2) is 13.1 Å². The van der Waals surface area contributed by atoms with Crippen molar-refractivity contribution in [3.8, 4) is 0 Å². The van der Waals surface area contributed by atoms with Crippen LogP contribution >= 0.6 is 11.3 Å². The average molecular weight is 310 g/mol. The molecular formula is C14H18N2O2S2. The van der Waals surface area contributed by atoms with Crippen molar-refractivity contribution in [1.82, 2.24) is 10.0 Å². The molecule has 2 aromatic rings. The number of nitrogens with one attached hydrogen (secondary N) is 2. The van der Waals surface area contributed by atoms with E-state index in [-0.39, 0.29) is 0 Å². The van der Waals surface area contributed by atoms with E-state index in [4.69, 9.17) is 0 Å². The van der Waals surface area contributed by atoms with Crippen LogP contribution in [-0.2, 0) is 23.1 Å². The molecule has 0 saturated heterocycles. The van der Waals surface area contributed by atoms with Gasteiger partial charge in [0, 0.05) is 18.0 Å². The first kappa shape index (κ1) is 15.2. The molecule has 0 amide bonds.